The van der Waals surface area contributed by atoms with Crippen LogP contribution in [0, 0.1) is 5.92 Å². The summed E-state index contributed by atoms with van der Waals surface area (Å²) in [5, 5.41) is 3.84. The van der Waals surface area contributed by atoms with Crippen LogP contribution in [0.4, 0.5) is 0 Å². The van der Waals surface area contributed by atoms with Gasteiger partial charge < -0.3 is 10.3 Å². The molecule has 2 unspecified atom stereocenters. The molecule has 6 nitrogen and oxygen atoms in total. The Hall–Kier alpha value is -0.950. The fraction of sp³-hybridized carbons (Fsp3) is 0.800. The molecular formula is C10H17N3O3S. The van der Waals surface area contributed by atoms with Crippen LogP contribution in [0.5, 0.6) is 0 Å². The predicted octanol–water partition coefficient (Wildman–Crippen LogP) is 0.628. The third-order valence-corrected chi connectivity index (χ3v) is 4.83. The second kappa shape index (κ2) is 4.38. The Balaban J connectivity index is 2.14. The molecule has 1 saturated heterocycles. The molecule has 0 spiro atoms. The maximum atomic E-state index is 11.4. The maximum Gasteiger partial charge on any atom is 0.243 e. The summed E-state index contributed by atoms with van der Waals surface area (Å²) in [5.74, 6) is 1.24. The van der Waals surface area contributed by atoms with E-state index in [9.17, 15) is 8.42 Å². The molecule has 0 saturated carbocycles. The van der Waals surface area contributed by atoms with Crippen molar-refractivity contribution in [3.8, 4) is 0 Å². The molecule has 17 heavy (non-hydrogen) atoms. The fourth-order valence-electron chi connectivity index (χ4n) is 1.83. The molecule has 2 rings (SSSR count). The van der Waals surface area contributed by atoms with Crippen molar-refractivity contribution in [1.29, 1.82) is 0 Å². The molecule has 0 aromatic carbocycles. The third-order valence-electron chi connectivity index (χ3n) is 3.06. The molecule has 1 aliphatic rings. The van der Waals surface area contributed by atoms with Crippen LogP contribution in [0.15, 0.2) is 4.52 Å². The van der Waals surface area contributed by atoms with E-state index >= 15 is 0 Å². The van der Waals surface area contributed by atoms with Crippen LogP contribution in [-0.4, -0.2) is 30.1 Å². The van der Waals surface area contributed by atoms with E-state index in [4.69, 9.17) is 10.3 Å². The maximum absolute atomic E-state index is 11.4. The lowest BCUT2D eigenvalue weighted by Gasteiger charge is -2.09. The van der Waals surface area contributed by atoms with Gasteiger partial charge in [-0.15, -0.1) is 0 Å². The average molecular weight is 259 g/mol. The minimum atomic E-state index is -2.92. The van der Waals surface area contributed by atoms with Crippen molar-refractivity contribution < 1.29 is 12.9 Å². The molecule has 0 aliphatic carbocycles. The Kier molecular flexibility index (Phi) is 3.22. The lowest BCUT2D eigenvalue weighted by molar-refractivity contribution is 0.321. The smallest absolute Gasteiger partial charge is 0.243 e. The van der Waals surface area contributed by atoms with Crippen molar-refractivity contribution in [3.63, 3.8) is 0 Å². The van der Waals surface area contributed by atoms with E-state index in [2.05, 4.69) is 10.1 Å². The number of nitrogens with two attached hydrogens (primary N) is 1. The third kappa shape index (κ3) is 2.66. The number of hydrogen-bond donors (Lipinski definition) is 1. The second-order valence-corrected chi connectivity index (χ2v) is 7.09. The summed E-state index contributed by atoms with van der Waals surface area (Å²) in [4.78, 5) is 4.21. The molecule has 0 amide bonds. The molecule has 2 N–H and O–H groups in total. The highest BCUT2D eigenvalue weighted by Gasteiger charge is 2.33. The molecule has 1 aromatic rings. The Morgan fingerprint density at radius 2 is 2.18 bits per heavy atom. The van der Waals surface area contributed by atoms with Crippen molar-refractivity contribution in [1.82, 2.24) is 10.1 Å². The molecule has 96 valence electrons. The number of rotatable bonds is 3. The highest BCUT2D eigenvalue weighted by Crippen LogP contribution is 2.28. The fourth-order valence-corrected chi connectivity index (χ4v) is 3.57. The zero-order valence-electron chi connectivity index (χ0n) is 9.96. The summed E-state index contributed by atoms with van der Waals surface area (Å²) >= 11 is 0. The summed E-state index contributed by atoms with van der Waals surface area (Å²) in [7, 11) is -2.92. The SMILES string of the molecule is CC(C)C(N)c1nc(C2CCS(=O)(=O)C2)no1. The first-order chi connectivity index (χ1) is 7.89. The summed E-state index contributed by atoms with van der Waals surface area (Å²) in [5.41, 5.74) is 5.89. The Bertz CT molecular complexity index is 495. The Labute approximate surface area is 100 Å². The zero-order chi connectivity index (χ0) is 12.6. The van der Waals surface area contributed by atoms with Gasteiger partial charge in [0, 0.05) is 5.92 Å². The van der Waals surface area contributed by atoms with Gasteiger partial charge in [0.25, 0.3) is 0 Å². The van der Waals surface area contributed by atoms with Crippen LogP contribution < -0.4 is 5.73 Å². The molecule has 0 radical (unpaired) electrons. The Morgan fingerprint density at radius 3 is 2.71 bits per heavy atom. The van der Waals surface area contributed by atoms with Gasteiger partial charge >= 0.3 is 0 Å². The summed E-state index contributed by atoms with van der Waals surface area (Å²) in [6.45, 7) is 3.93. The van der Waals surface area contributed by atoms with E-state index in [0.717, 1.165) is 0 Å². The summed E-state index contributed by atoms with van der Waals surface area (Å²) in [6.07, 6.45) is 0.568. The van der Waals surface area contributed by atoms with Crippen LogP contribution in [0.2, 0.25) is 0 Å². The van der Waals surface area contributed by atoms with Crippen LogP contribution in [-0.2, 0) is 9.84 Å². The molecule has 1 aromatic heterocycles. The van der Waals surface area contributed by atoms with Gasteiger partial charge in [0.05, 0.1) is 17.5 Å². The van der Waals surface area contributed by atoms with Crippen molar-refractivity contribution >= 4 is 9.84 Å². The minimum Gasteiger partial charge on any atom is -0.338 e. The van der Waals surface area contributed by atoms with E-state index in [0.29, 0.717) is 18.1 Å². The van der Waals surface area contributed by atoms with Gasteiger partial charge in [-0.25, -0.2) is 8.42 Å². The van der Waals surface area contributed by atoms with E-state index in [1.807, 2.05) is 13.8 Å². The van der Waals surface area contributed by atoms with Crippen molar-refractivity contribution in [2.75, 3.05) is 11.5 Å². The van der Waals surface area contributed by atoms with Gasteiger partial charge in [-0.05, 0) is 12.3 Å². The highest BCUT2D eigenvalue weighted by molar-refractivity contribution is 7.91. The van der Waals surface area contributed by atoms with Gasteiger partial charge in [0.1, 0.15) is 0 Å². The first-order valence-electron chi connectivity index (χ1n) is 5.68. The van der Waals surface area contributed by atoms with Crippen LogP contribution in [0.1, 0.15) is 43.9 Å². The minimum absolute atomic E-state index is 0.114. The van der Waals surface area contributed by atoms with Gasteiger partial charge in [0.15, 0.2) is 15.7 Å². The molecule has 2 atom stereocenters. The molecule has 2 heterocycles. The summed E-state index contributed by atoms with van der Waals surface area (Å²) in [6, 6.07) is -0.297. The number of sulfone groups is 1. The first-order valence-corrected chi connectivity index (χ1v) is 7.50. The van der Waals surface area contributed by atoms with Crippen LogP contribution >= 0.6 is 0 Å². The van der Waals surface area contributed by atoms with E-state index in [1.165, 1.54) is 0 Å². The monoisotopic (exact) mass is 259 g/mol. The van der Waals surface area contributed by atoms with Crippen molar-refractivity contribution in [3.05, 3.63) is 11.7 Å². The molecular weight excluding hydrogens is 242 g/mol. The van der Waals surface area contributed by atoms with E-state index in [-0.39, 0.29) is 29.4 Å². The van der Waals surface area contributed by atoms with Gasteiger partial charge in [0.2, 0.25) is 5.89 Å². The summed E-state index contributed by atoms with van der Waals surface area (Å²) < 4.78 is 27.8. The lowest BCUT2D eigenvalue weighted by Crippen LogP contribution is -2.17. The topological polar surface area (TPSA) is 99.1 Å². The number of hydrogen-bond acceptors (Lipinski definition) is 6. The lowest BCUT2D eigenvalue weighted by atomic mass is 10.1. The largest absolute Gasteiger partial charge is 0.338 e. The van der Waals surface area contributed by atoms with Gasteiger partial charge in [-0.2, -0.15) is 4.98 Å². The van der Waals surface area contributed by atoms with Crippen molar-refractivity contribution in [2.24, 2.45) is 11.7 Å². The van der Waals surface area contributed by atoms with Gasteiger partial charge in [-0.3, -0.25) is 0 Å². The molecule has 7 heteroatoms. The zero-order valence-corrected chi connectivity index (χ0v) is 10.8. The molecule has 1 aliphatic heterocycles. The van der Waals surface area contributed by atoms with Crippen molar-refractivity contribution in [2.45, 2.75) is 32.2 Å². The average Bonchev–Trinajstić information content (AvgIpc) is 2.82. The normalized spacial score (nSPS) is 25.3. The molecule has 0 bridgehead atoms. The highest BCUT2D eigenvalue weighted by atomic mass is 32.2. The Morgan fingerprint density at radius 1 is 1.47 bits per heavy atom. The van der Waals surface area contributed by atoms with E-state index in [1.54, 1.807) is 0 Å². The second-order valence-electron chi connectivity index (χ2n) is 4.86. The van der Waals surface area contributed by atoms with Crippen LogP contribution in [0.3, 0.4) is 0 Å². The van der Waals surface area contributed by atoms with Gasteiger partial charge in [-0.1, -0.05) is 19.0 Å². The molecule has 1 fully saturated rings. The first kappa shape index (κ1) is 12.5. The number of aromatic nitrogens is 2. The van der Waals surface area contributed by atoms with Crippen LogP contribution in [0.25, 0.3) is 0 Å². The van der Waals surface area contributed by atoms with E-state index < -0.39 is 9.84 Å². The number of nitrogens with zero attached hydrogens (tertiary/aromatic N) is 2. The standard InChI is InChI=1S/C10H17N3O3S/c1-6(2)8(11)10-12-9(13-16-10)7-3-4-17(14,15)5-7/h6-8H,3-5,11H2,1-2H3. The predicted molar refractivity (Wildman–Crippen MR) is 62.1 cm³/mol. The quantitative estimate of drug-likeness (QED) is 0.854.